The standard InChI is InChI=1S/C78H95O18P3/c1-45-31-51(7)67(52(8)32-45)73(82)97(88,74(83)68-53(9)33-46(2)34-54(68)10)28-19-64(79)94-24-22-91-43-63(93-26-27-96-66(81)21-30-99(90,77(86)71-59(15)39-49(5)40-60(71)16)78(87)72-61(17)41-50(6)42-62(72)18)44-92-23-25-95-65(80)20-29-98(89,75(84)69-55(11)35-47(3)36-56(69)12)76(85)70-57(13)37-48(4)38-58(70)14/h31-42,63H,19-30,43-44H2,1-18H3. The molecule has 530 valence electrons. The minimum absolute atomic E-state index is 0.154. The van der Waals surface area contributed by atoms with E-state index < -0.39 is 116 Å². The average molecular weight is 1410 g/mol. The van der Waals surface area contributed by atoms with E-state index in [0.29, 0.717) is 66.8 Å². The summed E-state index contributed by atoms with van der Waals surface area (Å²) in [6.07, 6.45) is -4.34. The third-order valence-corrected chi connectivity index (χ3v) is 25.3. The molecule has 0 fully saturated rings. The van der Waals surface area contributed by atoms with Crippen LogP contribution in [-0.2, 0) is 56.5 Å². The van der Waals surface area contributed by atoms with Gasteiger partial charge >= 0.3 is 17.9 Å². The summed E-state index contributed by atoms with van der Waals surface area (Å²) >= 11 is 0. The molecule has 0 heterocycles. The summed E-state index contributed by atoms with van der Waals surface area (Å²) < 4.78 is 79.6. The van der Waals surface area contributed by atoms with Crippen molar-refractivity contribution in [3.8, 4) is 0 Å². The highest BCUT2D eigenvalue weighted by Gasteiger charge is 2.46. The highest BCUT2D eigenvalue weighted by molar-refractivity contribution is 7.96. The van der Waals surface area contributed by atoms with Gasteiger partial charge in [0.25, 0.3) is 0 Å². The van der Waals surface area contributed by atoms with E-state index in [4.69, 9.17) is 28.4 Å². The summed E-state index contributed by atoms with van der Waals surface area (Å²) in [5.74, 6) is -2.55. The number of aryl methyl sites for hydroxylation is 18. The normalized spacial score (nSPS) is 11.8. The molecule has 0 N–H and O–H groups in total. The third kappa shape index (κ3) is 19.7. The maximum absolute atomic E-state index is 15.2. The van der Waals surface area contributed by atoms with Gasteiger partial charge in [-0.3, -0.25) is 43.2 Å². The Kier molecular flexibility index (Phi) is 28.1. The number of rotatable bonds is 35. The van der Waals surface area contributed by atoms with Gasteiger partial charge in [0.05, 0.1) is 52.3 Å². The van der Waals surface area contributed by atoms with Gasteiger partial charge < -0.3 is 42.1 Å². The molecule has 21 heteroatoms. The van der Waals surface area contributed by atoms with Crippen molar-refractivity contribution >= 4 is 72.5 Å². The van der Waals surface area contributed by atoms with E-state index in [1.165, 1.54) is 0 Å². The Balaban J connectivity index is 1.13. The number of carbonyl (C=O) groups is 9. The fraction of sp³-hybridized carbons (Fsp3) is 0.423. The molecular weight excluding hydrogens is 1320 g/mol. The van der Waals surface area contributed by atoms with Gasteiger partial charge in [0.2, 0.25) is 54.6 Å². The first kappa shape index (κ1) is 80.3. The molecule has 99 heavy (non-hydrogen) atoms. The Labute approximate surface area is 582 Å². The number of hydrogen-bond acceptors (Lipinski definition) is 18. The molecule has 0 aliphatic heterocycles. The van der Waals surface area contributed by atoms with Gasteiger partial charge in [-0.1, -0.05) is 106 Å². The van der Waals surface area contributed by atoms with Crippen LogP contribution in [0, 0.1) is 125 Å². The van der Waals surface area contributed by atoms with Crippen LogP contribution in [0.4, 0.5) is 0 Å². The van der Waals surface area contributed by atoms with Crippen LogP contribution in [0.2, 0.25) is 0 Å². The van der Waals surface area contributed by atoms with E-state index in [9.17, 15) is 43.2 Å². The third-order valence-electron chi connectivity index (χ3n) is 17.5. The zero-order valence-electron chi connectivity index (χ0n) is 60.6. The number of carbonyl (C=O) groups excluding carboxylic acids is 9. The molecule has 18 nitrogen and oxygen atoms in total. The molecule has 6 rings (SSSR count). The van der Waals surface area contributed by atoms with Gasteiger partial charge in [-0.15, -0.1) is 0 Å². The molecule has 0 saturated carbocycles. The molecule has 0 bridgehead atoms. The molecule has 0 unspecified atom stereocenters. The van der Waals surface area contributed by atoms with E-state index in [-0.39, 0.29) is 86.2 Å². The van der Waals surface area contributed by atoms with Crippen molar-refractivity contribution in [2.75, 3.05) is 71.3 Å². The monoisotopic (exact) mass is 1410 g/mol. The summed E-state index contributed by atoms with van der Waals surface area (Å²) in [4.78, 5) is 127. The summed E-state index contributed by atoms with van der Waals surface area (Å²) in [5.41, 5.74) is 7.63. The molecule has 6 aromatic carbocycles. The van der Waals surface area contributed by atoms with Crippen molar-refractivity contribution in [2.24, 2.45) is 0 Å². The van der Waals surface area contributed by atoms with Crippen LogP contribution in [0.1, 0.15) is 182 Å². The molecule has 0 aliphatic carbocycles. The predicted octanol–water partition coefficient (Wildman–Crippen LogP) is 15.9. The number of hydrogen-bond donors (Lipinski definition) is 0. The van der Waals surface area contributed by atoms with Crippen LogP contribution in [0.25, 0.3) is 0 Å². The molecule has 0 aromatic heterocycles. The van der Waals surface area contributed by atoms with E-state index >= 15 is 13.7 Å². The lowest BCUT2D eigenvalue weighted by molar-refractivity contribution is -0.149. The maximum atomic E-state index is 15.2. The Morgan fingerprint density at radius 3 is 0.626 bits per heavy atom. The molecule has 0 radical (unpaired) electrons. The minimum atomic E-state index is -4.53. The van der Waals surface area contributed by atoms with Crippen molar-refractivity contribution < 1.29 is 85.3 Å². The Morgan fingerprint density at radius 1 is 0.273 bits per heavy atom. The first-order valence-corrected chi connectivity index (χ1v) is 38.8. The summed E-state index contributed by atoms with van der Waals surface area (Å²) in [6.45, 7) is 29.5. The molecule has 0 atom stereocenters. The predicted molar refractivity (Wildman–Crippen MR) is 385 cm³/mol. The molecule has 6 aromatic rings. The summed E-state index contributed by atoms with van der Waals surface area (Å²) in [5, 5.41) is 0. The van der Waals surface area contributed by atoms with Crippen molar-refractivity contribution in [3.63, 3.8) is 0 Å². The van der Waals surface area contributed by atoms with Gasteiger partial charge in [-0.05, 0) is 191 Å². The average Bonchev–Trinajstić information content (AvgIpc) is 0.774. The molecule has 0 spiro atoms. The Bertz CT molecular complexity index is 3800. The quantitative estimate of drug-likeness (QED) is 0.0155. The van der Waals surface area contributed by atoms with Crippen LogP contribution < -0.4 is 0 Å². The van der Waals surface area contributed by atoms with E-state index in [1.807, 2.05) is 41.5 Å². The van der Waals surface area contributed by atoms with Crippen molar-refractivity contribution in [2.45, 2.75) is 150 Å². The smallest absolute Gasteiger partial charge is 0.306 e. The second kappa shape index (κ2) is 34.6. The topological polar surface area (TPSA) is 260 Å². The highest BCUT2D eigenvalue weighted by atomic mass is 31.2. The van der Waals surface area contributed by atoms with Crippen LogP contribution in [-0.4, -0.2) is 128 Å². The number of ether oxygens (including phenoxy) is 6. The van der Waals surface area contributed by atoms with E-state index in [1.54, 1.807) is 156 Å². The van der Waals surface area contributed by atoms with Crippen molar-refractivity contribution in [1.82, 2.24) is 0 Å². The molecule has 0 amide bonds. The highest BCUT2D eigenvalue weighted by Crippen LogP contribution is 2.57. The zero-order chi connectivity index (χ0) is 73.8. The van der Waals surface area contributed by atoms with Gasteiger partial charge in [-0.2, -0.15) is 0 Å². The van der Waals surface area contributed by atoms with Gasteiger partial charge in [0.15, 0.2) is 0 Å². The zero-order valence-corrected chi connectivity index (χ0v) is 63.3. The van der Waals surface area contributed by atoms with Crippen molar-refractivity contribution in [1.29, 1.82) is 0 Å². The van der Waals surface area contributed by atoms with Crippen molar-refractivity contribution in [3.05, 3.63) is 206 Å². The van der Waals surface area contributed by atoms with Gasteiger partial charge in [-0.25, -0.2) is 0 Å². The lowest BCUT2D eigenvalue weighted by Crippen LogP contribution is -2.29. The second-order valence-corrected chi connectivity index (χ2v) is 34.6. The second-order valence-electron chi connectivity index (χ2n) is 26.4. The summed E-state index contributed by atoms with van der Waals surface area (Å²) in [6, 6.07) is 21.2. The Hall–Kier alpha value is -7.68. The molecule has 0 saturated heterocycles. The van der Waals surface area contributed by atoms with Gasteiger partial charge in [0, 0.05) is 51.9 Å². The fourth-order valence-electron chi connectivity index (χ4n) is 13.4. The fourth-order valence-corrected chi connectivity index (χ4v) is 21.0. The first-order chi connectivity index (χ1) is 46.4. The Morgan fingerprint density at radius 2 is 0.444 bits per heavy atom. The van der Waals surface area contributed by atoms with Gasteiger partial charge in [0.1, 0.15) is 25.9 Å². The summed E-state index contributed by atoms with van der Waals surface area (Å²) in [7, 11) is -13.6. The van der Waals surface area contributed by atoms with Crippen LogP contribution in [0.5, 0.6) is 0 Å². The lowest BCUT2D eigenvalue weighted by atomic mass is 10.0. The number of esters is 3. The SMILES string of the molecule is Cc1cc(C)c(C(=O)P(=O)(CCC(=O)OCCOCC(COCCOC(=O)CCP(=O)(C(=O)c2c(C)cc(C)cc2C)C(=O)c2c(C)cc(C)cc2C)OCCOC(=O)CCP(=O)(C(=O)c2c(C)cc(C)cc2C)C(=O)c2c(C)cc(C)cc2C)C(=O)c2c(C)cc(C)cc2C)c(C)c1. The minimum Gasteiger partial charge on any atom is -0.463 e. The maximum Gasteiger partial charge on any atom is 0.306 e. The van der Waals surface area contributed by atoms with E-state index in [0.717, 1.165) is 33.4 Å². The van der Waals surface area contributed by atoms with Crippen LogP contribution in [0.15, 0.2) is 72.8 Å². The lowest BCUT2D eigenvalue weighted by Gasteiger charge is -2.21. The van der Waals surface area contributed by atoms with E-state index in [2.05, 4.69) is 0 Å². The number of benzene rings is 6. The van der Waals surface area contributed by atoms with Crippen LogP contribution in [0.3, 0.4) is 0 Å². The molecular formula is C78H95O18P3. The largest absolute Gasteiger partial charge is 0.463 e. The molecule has 0 aliphatic rings. The van der Waals surface area contributed by atoms with Crippen LogP contribution >= 0.6 is 21.4 Å². The first-order valence-electron chi connectivity index (χ1n) is 33.1.